The number of nitrogens with zero attached hydrogens (tertiary/aromatic N) is 1. The molecule has 0 spiro atoms. The van der Waals surface area contributed by atoms with Crippen LogP contribution in [0.2, 0.25) is 0 Å². The third-order valence-corrected chi connectivity index (χ3v) is 4.31. The molecule has 0 saturated carbocycles. The van der Waals surface area contributed by atoms with Gasteiger partial charge in [0.1, 0.15) is 0 Å². The predicted octanol–water partition coefficient (Wildman–Crippen LogP) is 3.40. The molecule has 0 bridgehead atoms. The van der Waals surface area contributed by atoms with Crippen molar-refractivity contribution in [3.63, 3.8) is 0 Å². The number of hydrogen-bond acceptors (Lipinski definition) is 5. The molecule has 1 unspecified atom stereocenters. The van der Waals surface area contributed by atoms with Crippen molar-refractivity contribution in [2.75, 3.05) is 19.5 Å². The molecule has 1 aliphatic heterocycles. The zero-order valence-corrected chi connectivity index (χ0v) is 15.5. The van der Waals surface area contributed by atoms with Crippen LogP contribution >= 0.6 is 0 Å². The van der Waals surface area contributed by atoms with E-state index in [0.29, 0.717) is 29.2 Å². The Bertz CT molecular complexity index is 912. The van der Waals surface area contributed by atoms with Gasteiger partial charge in [0.15, 0.2) is 11.5 Å². The lowest BCUT2D eigenvalue weighted by Crippen LogP contribution is -2.43. The number of carbonyl (C=O) groups is 2. The van der Waals surface area contributed by atoms with Gasteiger partial charge in [0, 0.05) is 17.5 Å². The number of nitrogens with one attached hydrogen (secondary N) is 2. The highest BCUT2D eigenvalue weighted by molar-refractivity contribution is 5.96. The summed E-state index contributed by atoms with van der Waals surface area (Å²) in [6, 6.07) is 11.8. The van der Waals surface area contributed by atoms with Crippen molar-refractivity contribution in [1.29, 1.82) is 0 Å². The van der Waals surface area contributed by atoms with Crippen LogP contribution in [0.4, 0.5) is 10.5 Å². The number of ether oxygens (including phenoxy) is 2. The average Bonchev–Trinajstić information content (AvgIpc) is 2.72. The molecule has 0 aliphatic carbocycles. The standard InChI is InChI=1S/C20H21N3O5/c1-27-17-9-8-13(12-18(17)28-2)16-7-4-10-23(22-16)19(24)14-5-3-6-15(11-14)21-20(25)26/h3-6,8-12,16,21-22H,7H2,1-2H3,(H,25,26). The molecule has 146 valence electrons. The molecule has 0 fully saturated rings. The van der Waals surface area contributed by atoms with Gasteiger partial charge in [-0.3, -0.25) is 10.1 Å². The topological polar surface area (TPSA) is 100 Å². The van der Waals surface area contributed by atoms with Gasteiger partial charge in [0.25, 0.3) is 5.91 Å². The number of methoxy groups -OCH3 is 2. The average molecular weight is 383 g/mol. The highest BCUT2D eigenvalue weighted by atomic mass is 16.5. The van der Waals surface area contributed by atoms with Crippen LogP contribution in [0.15, 0.2) is 54.7 Å². The Morgan fingerprint density at radius 3 is 2.64 bits per heavy atom. The van der Waals surface area contributed by atoms with E-state index < -0.39 is 6.09 Å². The number of benzene rings is 2. The highest BCUT2D eigenvalue weighted by Crippen LogP contribution is 2.32. The van der Waals surface area contributed by atoms with E-state index >= 15 is 0 Å². The van der Waals surface area contributed by atoms with Crippen LogP contribution in [-0.4, -0.2) is 36.3 Å². The summed E-state index contributed by atoms with van der Waals surface area (Å²) in [5.74, 6) is 0.949. The Hall–Kier alpha value is -3.52. The molecule has 2 aromatic carbocycles. The minimum absolute atomic E-state index is 0.130. The van der Waals surface area contributed by atoms with Gasteiger partial charge in [-0.1, -0.05) is 18.2 Å². The molecule has 1 aliphatic rings. The molecule has 0 aromatic heterocycles. The van der Waals surface area contributed by atoms with Crippen LogP contribution in [0.25, 0.3) is 0 Å². The predicted molar refractivity (Wildman–Crippen MR) is 103 cm³/mol. The summed E-state index contributed by atoms with van der Waals surface area (Å²) < 4.78 is 10.6. The van der Waals surface area contributed by atoms with Gasteiger partial charge >= 0.3 is 6.09 Å². The van der Waals surface area contributed by atoms with Gasteiger partial charge in [-0.05, 0) is 42.3 Å². The third-order valence-electron chi connectivity index (χ3n) is 4.31. The number of anilines is 1. The van der Waals surface area contributed by atoms with Crippen molar-refractivity contribution in [2.45, 2.75) is 12.5 Å². The maximum Gasteiger partial charge on any atom is 0.409 e. The van der Waals surface area contributed by atoms with Crippen LogP contribution in [0.1, 0.15) is 28.4 Å². The van der Waals surface area contributed by atoms with E-state index in [9.17, 15) is 9.59 Å². The summed E-state index contributed by atoms with van der Waals surface area (Å²) in [7, 11) is 3.15. The second kappa shape index (κ2) is 8.45. The summed E-state index contributed by atoms with van der Waals surface area (Å²) >= 11 is 0. The van der Waals surface area contributed by atoms with E-state index in [1.165, 1.54) is 11.1 Å². The smallest absolute Gasteiger partial charge is 0.409 e. The fourth-order valence-corrected chi connectivity index (χ4v) is 2.97. The van der Waals surface area contributed by atoms with Gasteiger partial charge in [0.05, 0.1) is 20.3 Å². The van der Waals surface area contributed by atoms with E-state index in [2.05, 4.69) is 10.7 Å². The van der Waals surface area contributed by atoms with Crippen LogP contribution < -0.4 is 20.2 Å². The van der Waals surface area contributed by atoms with Gasteiger partial charge in [0.2, 0.25) is 0 Å². The van der Waals surface area contributed by atoms with E-state index in [4.69, 9.17) is 14.6 Å². The Labute approximate surface area is 162 Å². The Morgan fingerprint density at radius 1 is 1.14 bits per heavy atom. The summed E-state index contributed by atoms with van der Waals surface area (Å²) in [4.78, 5) is 23.6. The summed E-state index contributed by atoms with van der Waals surface area (Å²) in [5, 5.41) is 12.5. The molecule has 0 radical (unpaired) electrons. The Morgan fingerprint density at radius 2 is 1.93 bits per heavy atom. The SMILES string of the molecule is COc1ccc(C2CC=CN(C(=O)c3cccc(NC(=O)O)c3)N2)cc1OC. The molecule has 1 atom stereocenters. The summed E-state index contributed by atoms with van der Waals surface area (Å²) in [6.45, 7) is 0. The molecule has 28 heavy (non-hydrogen) atoms. The van der Waals surface area contributed by atoms with E-state index in [1.807, 2.05) is 24.3 Å². The van der Waals surface area contributed by atoms with E-state index in [0.717, 1.165) is 5.56 Å². The van der Waals surface area contributed by atoms with Crippen LogP contribution in [0, 0.1) is 0 Å². The number of rotatable bonds is 5. The highest BCUT2D eigenvalue weighted by Gasteiger charge is 2.23. The summed E-state index contributed by atoms with van der Waals surface area (Å²) in [6.07, 6.45) is 3.07. The molecular formula is C20H21N3O5. The minimum Gasteiger partial charge on any atom is -0.493 e. The van der Waals surface area contributed by atoms with E-state index in [1.54, 1.807) is 38.6 Å². The molecule has 1 heterocycles. The van der Waals surface area contributed by atoms with E-state index in [-0.39, 0.29) is 11.9 Å². The normalized spacial score (nSPS) is 15.8. The molecule has 2 aromatic rings. The van der Waals surface area contributed by atoms with Gasteiger partial charge < -0.3 is 14.6 Å². The van der Waals surface area contributed by atoms with Crippen molar-refractivity contribution in [3.05, 3.63) is 65.9 Å². The first-order chi connectivity index (χ1) is 13.5. The third kappa shape index (κ3) is 4.24. The number of hydrogen-bond donors (Lipinski definition) is 3. The molecule has 0 saturated heterocycles. The first kappa shape index (κ1) is 19.2. The lowest BCUT2D eigenvalue weighted by molar-refractivity contribution is 0.0713. The Balaban J connectivity index is 1.78. The monoisotopic (exact) mass is 383 g/mol. The molecule has 3 rings (SSSR count). The lowest BCUT2D eigenvalue weighted by atomic mass is 10.0. The second-order valence-electron chi connectivity index (χ2n) is 6.10. The zero-order valence-electron chi connectivity index (χ0n) is 15.5. The van der Waals surface area contributed by atoms with Crippen LogP contribution in [0.3, 0.4) is 0 Å². The molecule has 8 nitrogen and oxygen atoms in total. The van der Waals surface area contributed by atoms with Gasteiger partial charge in [-0.15, -0.1) is 0 Å². The number of carbonyl (C=O) groups excluding carboxylic acids is 1. The summed E-state index contributed by atoms with van der Waals surface area (Å²) in [5.41, 5.74) is 4.81. The Kier molecular flexibility index (Phi) is 5.81. The molecule has 3 N–H and O–H groups in total. The minimum atomic E-state index is -1.19. The van der Waals surface area contributed by atoms with Crippen molar-refractivity contribution < 1.29 is 24.2 Å². The van der Waals surface area contributed by atoms with Crippen molar-refractivity contribution in [3.8, 4) is 11.5 Å². The molecule has 2 amide bonds. The molecular weight excluding hydrogens is 362 g/mol. The fourth-order valence-electron chi connectivity index (χ4n) is 2.97. The largest absolute Gasteiger partial charge is 0.493 e. The number of hydrazine groups is 1. The lowest BCUT2D eigenvalue weighted by Gasteiger charge is -2.30. The van der Waals surface area contributed by atoms with Crippen LogP contribution in [-0.2, 0) is 0 Å². The maximum atomic E-state index is 12.8. The zero-order chi connectivity index (χ0) is 20.1. The quantitative estimate of drug-likeness (QED) is 0.732. The number of carboxylic acid groups (broad SMARTS) is 1. The maximum absolute atomic E-state index is 12.8. The van der Waals surface area contributed by atoms with Gasteiger partial charge in [-0.2, -0.15) is 0 Å². The fraction of sp³-hybridized carbons (Fsp3) is 0.200. The van der Waals surface area contributed by atoms with Gasteiger partial charge in [-0.25, -0.2) is 15.2 Å². The first-order valence-electron chi connectivity index (χ1n) is 8.60. The first-order valence-corrected chi connectivity index (χ1v) is 8.60. The van der Waals surface area contributed by atoms with Crippen LogP contribution in [0.5, 0.6) is 11.5 Å². The second-order valence-corrected chi connectivity index (χ2v) is 6.10. The number of amides is 2. The molecule has 8 heteroatoms. The van der Waals surface area contributed by atoms with Crippen molar-refractivity contribution in [1.82, 2.24) is 10.4 Å². The van der Waals surface area contributed by atoms with Crippen molar-refractivity contribution in [2.24, 2.45) is 0 Å². The van der Waals surface area contributed by atoms with Crippen molar-refractivity contribution >= 4 is 17.7 Å².